The lowest BCUT2D eigenvalue weighted by molar-refractivity contribution is 0.0874. The van der Waals surface area contributed by atoms with Crippen LogP contribution in [0.25, 0.3) is 0 Å². The minimum Gasteiger partial charge on any atom is -0.454 e. The van der Waals surface area contributed by atoms with Crippen LogP contribution in [0, 0.1) is 3.77 Å². The number of ether oxygens (including phenoxy) is 1. The van der Waals surface area contributed by atoms with E-state index < -0.39 is 0 Å². The third-order valence-corrected chi connectivity index (χ3v) is 3.76. The maximum atomic E-state index is 5.57. The lowest BCUT2D eigenvalue weighted by atomic mass is 9.95. The third-order valence-electron chi connectivity index (χ3n) is 3.18. The van der Waals surface area contributed by atoms with Crippen LogP contribution in [0.4, 0.5) is 0 Å². The molecule has 1 aliphatic heterocycles. The van der Waals surface area contributed by atoms with Gasteiger partial charge in [-0.2, -0.15) is 0 Å². The van der Waals surface area contributed by atoms with Crippen molar-refractivity contribution in [2.75, 3.05) is 6.61 Å². The molecule has 3 nitrogen and oxygen atoms in total. The SMILES string of the molecule is CC1OCCC1(C)NCc1ccc(I)o1. The fourth-order valence-electron chi connectivity index (χ4n) is 1.80. The van der Waals surface area contributed by atoms with Gasteiger partial charge in [0.25, 0.3) is 0 Å². The topological polar surface area (TPSA) is 34.4 Å². The quantitative estimate of drug-likeness (QED) is 0.869. The molecule has 0 saturated carbocycles. The average Bonchev–Trinajstić information content (AvgIpc) is 2.73. The highest BCUT2D eigenvalue weighted by atomic mass is 127. The first-order valence-corrected chi connectivity index (χ1v) is 6.29. The van der Waals surface area contributed by atoms with Crippen molar-refractivity contribution in [2.24, 2.45) is 0 Å². The van der Waals surface area contributed by atoms with Gasteiger partial charge in [-0.1, -0.05) is 0 Å². The van der Waals surface area contributed by atoms with Crippen LogP contribution in [0.2, 0.25) is 0 Å². The molecule has 1 fully saturated rings. The highest BCUT2D eigenvalue weighted by Crippen LogP contribution is 2.25. The van der Waals surface area contributed by atoms with Crippen LogP contribution < -0.4 is 5.32 Å². The van der Waals surface area contributed by atoms with Crippen molar-refractivity contribution < 1.29 is 9.15 Å². The molecular weight excluding hydrogens is 305 g/mol. The van der Waals surface area contributed by atoms with Gasteiger partial charge in [0.05, 0.1) is 12.6 Å². The molecular formula is C11H16INO2. The fraction of sp³-hybridized carbons (Fsp3) is 0.636. The Labute approximate surface area is 104 Å². The highest BCUT2D eigenvalue weighted by Gasteiger charge is 2.36. The number of halogens is 1. The first kappa shape index (κ1) is 11.4. The molecule has 0 amide bonds. The van der Waals surface area contributed by atoms with Crippen LogP contribution in [-0.2, 0) is 11.3 Å². The molecule has 0 aromatic carbocycles. The van der Waals surface area contributed by atoms with Crippen LogP contribution in [0.3, 0.4) is 0 Å². The predicted octanol–water partition coefficient (Wildman–Crippen LogP) is 2.54. The summed E-state index contributed by atoms with van der Waals surface area (Å²) in [6.45, 7) is 5.94. The summed E-state index contributed by atoms with van der Waals surface area (Å²) in [6.07, 6.45) is 1.33. The molecule has 2 unspecified atom stereocenters. The molecule has 84 valence electrons. The van der Waals surface area contributed by atoms with Gasteiger partial charge in [-0.25, -0.2) is 0 Å². The van der Waals surface area contributed by atoms with E-state index in [-0.39, 0.29) is 11.6 Å². The minimum atomic E-state index is 0.0816. The number of rotatable bonds is 3. The van der Waals surface area contributed by atoms with Crippen LogP contribution in [-0.4, -0.2) is 18.2 Å². The van der Waals surface area contributed by atoms with Crippen molar-refractivity contribution in [2.45, 2.75) is 38.5 Å². The molecule has 0 aliphatic carbocycles. The molecule has 2 heterocycles. The molecule has 15 heavy (non-hydrogen) atoms. The Balaban J connectivity index is 1.92. The summed E-state index contributed by atoms with van der Waals surface area (Å²) in [6, 6.07) is 3.99. The zero-order chi connectivity index (χ0) is 10.9. The summed E-state index contributed by atoms with van der Waals surface area (Å²) in [4.78, 5) is 0. The number of nitrogens with one attached hydrogen (secondary N) is 1. The standard InChI is InChI=1S/C11H16INO2/c1-8-11(2,5-6-14-8)13-7-9-3-4-10(12)15-9/h3-4,8,13H,5-7H2,1-2H3. The highest BCUT2D eigenvalue weighted by molar-refractivity contribution is 14.1. The van der Waals surface area contributed by atoms with Crippen LogP contribution in [0.5, 0.6) is 0 Å². The van der Waals surface area contributed by atoms with E-state index in [1.54, 1.807) is 0 Å². The van der Waals surface area contributed by atoms with Crippen molar-refractivity contribution in [1.29, 1.82) is 0 Å². The Bertz CT molecular complexity index is 339. The number of furan rings is 1. The van der Waals surface area contributed by atoms with Crippen molar-refractivity contribution in [3.05, 3.63) is 21.7 Å². The van der Waals surface area contributed by atoms with Crippen LogP contribution >= 0.6 is 22.6 Å². The zero-order valence-electron chi connectivity index (χ0n) is 9.05. The largest absolute Gasteiger partial charge is 0.454 e. The molecule has 1 aromatic rings. The van der Waals surface area contributed by atoms with Gasteiger partial charge in [-0.05, 0) is 55.0 Å². The van der Waals surface area contributed by atoms with Gasteiger partial charge in [0.1, 0.15) is 5.76 Å². The van der Waals surface area contributed by atoms with E-state index in [1.165, 1.54) is 0 Å². The van der Waals surface area contributed by atoms with Gasteiger partial charge in [0.15, 0.2) is 3.77 Å². The van der Waals surface area contributed by atoms with E-state index >= 15 is 0 Å². The summed E-state index contributed by atoms with van der Waals surface area (Å²) in [5.41, 5.74) is 0.0816. The Hall–Kier alpha value is -0.0700. The van der Waals surface area contributed by atoms with Gasteiger partial charge >= 0.3 is 0 Å². The molecule has 0 spiro atoms. The molecule has 2 rings (SSSR count). The molecule has 1 aliphatic rings. The van der Waals surface area contributed by atoms with Crippen LogP contribution in [0.1, 0.15) is 26.0 Å². The van der Waals surface area contributed by atoms with Crippen molar-refractivity contribution in [3.8, 4) is 0 Å². The summed E-state index contributed by atoms with van der Waals surface area (Å²) < 4.78 is 12.0. The molecule has 1 aromatic heterocycles. The predicted molar refractivity (Wildman–Crippen MR) is 66.7 cm³/mol. The third kappa shape index (κ3) is 2.54. The maximum absolute atomic E-state index is 5.57. The normalized spacial score (nSPS) is 31.0. The smallest absolute Gasteiger partial charge is 0.164 e. The van der Waals surface area contributed by atoms with E-state index in [9.17, 15) is 0 Å². The van der Waals surface area contributed by atoms with Gasteiger partial charge in [0, 0.05) is 12.1 Å². The lowest BCUT2D eigenvalue weighted by Gasteiger charge is -2.28. The summed E-state index contributed by atoms with van der Waals surface area (Å²) in [7, 11) is 0. The Kier molecular flexibility index (Phi) is 3.37. The van der Waals surface area contributed by atoms with E-state index in [0.29, 0.717) is 0 Å². The summed E-state index contributed by atoms with van der Waals surface area (Å²) in [5.74, 6) is 0.986. The Morgan fingerprint density at radius 2 is 2.40 bits per heavy atom. The molecule has 4 heteroatoms. The van der Waals surface area contributed by atoms with Gasteiger partial charge in [-0.15, -0.1) is 0 Å². The van der Waals surface area contributed by atoms with E-state index in [1.807, 2.05) is 12.1 Å². The average molecular weight is 321 g/mol. The van der Waals surface area contributed by atoms with Crippen LogP contribution in [0.15, 0.2) is 16.5 Å². The summed E-state index contributed by atoms with van der Waals surface area (Å²) >= 11 is 2.18. The summed E-state index contributed by atoms with van der Waals surface area (Å²) in [5, 5.41) is 3.52. The van der Waals surface area contributed by atoms with Gasteiger partial charge < -0.3 is 14.5 Å². The second-order valence-corrected chi connectivity index (χ2v) is 5.30. The fourth-order valence-corrected chi connectivity index (χ4v) is 2.27. The zero-order valence-corrected chi connectivity index (χ0v) is 11.2. The molecule has 0 radical (unpaired) electrons. The lowest BCUT2D eigenvalue weighted by Crippen LogP contribution is -2.47. The van der Waals surface area contributed by atoms with Gasteiger partial charge in [-0.3, -0.25) is 0 Å². The number of hydrogen-bond acceptors (Lipinski definition) is 3. The van der Waals surface area contributed by atoms with E-state index in [2.05, 4.69) is 41.8 Å². The molecule has 2 atom stereocenters. The second kappa shape index (κ2) is 4.43. The monoisotopic (exact) mass is 321 g/mol. The van der Waals surface area contributed by atoms with Crippen molar-refractivity contribution in [1.82, 2.24) is 5.32 Å². The molecule has 1 N–H and O–H groups in total. The Morgan fingerprint density at radius 3 is 2.93 bits per heavy atom. The minimum absolute atomic E-state index is 0.0816. The number of hydrogen-bond donors (Lipinski definition) is 1. The molecule has 0 bridgehead atoms. The second-order valence-electron chi connectivity index (χ2n) is 4.24. The van der Waals surface area contributed by atoms with Gasteiger partial charge in [0.2, 0.25) is 0 Å². The van der Waals surface area contributed by atoms with E-state index in [4.69, 9.17) is 9.15 Å². The van der Waals surface area contributed by atoms with Crippen molar-refractivity contribution >= 4 is 22.6 Å². The molecule has 1 saturated heterocycles. The maximum Gasteiger partial charge on any atom is 0.164 e. The van der Waals surface area contributed by atoms with Crippen molar-refractivity contribution in [3.63, 3.8) is 0 Å². The Morgan fingerprint density at radius 1 is 1.60 bits per heavy atom. The first-order chi connectivity index (χ1) is 7.10. The van der Waals surface area contributed by atoms with E-state index in [0.717, 1.165) is 29.1 Å². The first-order valence-electron chi connectivity index (χ1n) is 5.21.